The lowest BCUT2D eigenvalue weighted by atomic mass is 9.93. The van der Waals surface area contributed by atoms with Crippen LogP contribution in [0.15, 0.2) is 47.1 Å². The van der Waals surface area contributed by atoms with E-state index < -0.39 is 5.97 Å². The van der Waals surface area contributed by atoms with Crippen LogP contribution in [0.2, 0.25) is 0 Å². The number of rotatable bonds is 7. The molecule has 0 radical (unpaired) electrons. The molecule has 1 aromatic carbocycles. The van der Waals surface area contributed by atoms with Crippen LogP contribution in [0, 0.1) is 11.2 Å². The van der Waals surface area contributed by atoms with Crippen LogP contribution in [0.5, 0.6) is 5.75 Å². The summed E-state index contributed by atoms with van der Waals surface area (Å²) in [6, 6.07) is 10.5. The SMILES string of the molecule is CC(C)(C)CC(=O)O.Fc1cccc(Br)c1OCCCNc1ccccn1. The Hall–Kier alpha value is -2.15. The smallest absolute Gasteiger partial charge is 0.303 e. The van der Waals surface area contributed by atoms with Gasteiger partial charge in [0.2, 0.25) is 0 Å². The van der Waals surface area contributed by atoms with Gasteiger partial charge in [-0.25, -0.2) is 9.37 Å². The number of carbonyl (C=O) groups is 1. The van der Waals surface area contributed by atoms with E-state index in [4.69, 9.17) is 9.84 Å². The van der Waals surface area contributed by atoms with Crippen LogP contribution in [-0.4, -0.2) is 29.2 Å². The number of nitrogens with one attached hydrogen (secondary N) is 1. The van der Waals surface area contributed by atoms with Crippen molar-refractivity contribution in [2.45, 2.75) is 33.6 Å². The molecule has 1 aromatic heterocycles. The molecular weight excluding hydrogens is 415 g/mol. The minimum atomic E-state index is -0.725. The summed E-state index contributed by atoms with van der Waals surface area (Å²) in [6.07, 6.45) is 2.74. The van der Waals surface area contributed by atoms with Crippen LogP contribution in [-0.2, 0) is 4.79 Å². The van der Waals surface area contributed by atoms with Gasteiger partial charge in [-0.2, -0.15) is 0 Å². The minimum absolute atomic E-state index is 0.0775. The monoisotopic (exact) mass is 440 g/mol. The number of hydrogen-bond donors (Lipinski definition) is 2. The maximum absolute atomic E-state index is 13.4. The van der Waals surface area contributed by atoms with Crippen LogP contribution in [0.3, 0.4) is 0 Å². The van der Waals surface area contributed by atoms with Crippen molar-refractivity contribution < 1.29 is 19.0 Å². The Kier molecular flexibility index (Phi) is 9.78. The Morgan fingerprint density at radius 3 is 2.52 bits per heavy atom. The molecule has 2 N–H and O–H groups in total. The molecule has 5 nitrogen and oxygen atoms in total. The number of nitrogens with zero attached hydrogens (tertiary/aromatic N) is 1. The number of hydrogen-bond acceptors (Lipinski definition) is 4. The molecule has 0 amide bonds. The first-order valence-electron chi connectivity index (χ1n) is 8.62. The highest BCUT2D eigenvalue weighted by Crippen LogP contribution is 2.27. The van der Waals surface area contributed by atoms with Crippen molar-refractivity contribution in [3.8, 4) is 5.75 Å². The van der Waals surface area contributed by atoms with Crippen molar-refractivity contribution >= 4 is 27.7 Å². The number of pyridine rings is 1. The summed E-state index contributed by atoms with van der Waals surface area (Å²) in [5.74, 6) is 0.0134. The first-order chi connectivity index (χ1) is 12.7. The molecule has 27 heavy (non-hydrogen) atoms. The molecule has 1 heterocycles. The van der Waals surface area contributed by atoms with Crippen LogP contribution in [0.4, 0.5) is 10.2 Å². The summed E-state index contributed by atoms with van der Waals surface area (Å²) >= 11 is 3.26. The number of anilines is 1. The average Bonchev–Trinajstić information content (AvgIpc) is 2.56. The van der Waals surface area contributed by atoms with E-state index in [-0.39, 0.29) is 23.4 Å². The lowest BCUT2D eigenvalue weighted by Crippen LogP contribution is -2.11. The number of carboxylic acid groups (broad SMARTS) is 1. The van der Waals surface area contributed by atoms with E-state index in [9.17, 15) is 9.18 Å². The van der Waals surface area contributed by atoms with Crippen LogP contribution >= 0.6 is 15.9 Å². The summed E-state index contributed by atoms with van der Waals surface area (Å²) in [6.45, 7) is 6.88. The molecule has 2 rings (SSSR count). The fourth-order valence-corrected chi connectivity index (χ4v) is 2.46. The van der Waals surface area contributed by atoms with Gasteiger partial charge in [-0.15, -0.1) is 0 Å². The summed E-state index contributed by atoms with van der Waals surface area (Å²) in [7, 11) is 0. The van der Waals surface area contributed by atoms with Crippen LogP contribution in [0.1, 0.15) is 33.6 Å². The summed E-state index contributed by atoms with van der Waals surface area (Å²) in [5, 5.41) is 11.4. The van der Waals surface area contributed by atoms with Crippen LogP contribution in [0.25, 0.3) is 0 Å². The van der Waals surface area contributed by atoms with Gasteiger partial charge in [0.05, 0.1) is 17.5 Å². The number of carboxylic acids is 1. The number of para-hydroxylation sites is 1. The van der Waals surface area contributed by atoms with E-state index in [1.165, 1.54) is 6.07 Å². The highest BCUT2D eigenvalue weighted by molar-refractivity contribution is 9.10. The van der Waals surface area contributed by atoms with Gasteiger partial charge < -0.3 is 15.2 Å². The van der Waals surface area contributed by atoms with E-state index in [1.807, 2.05) is 39.0 Å². The van der Waals surface area contributed by atoms with Crippen molar-refractivity contribution in [3.63, 3.8) is 0 Å². The Bertz CT molecular complexity index is 686. The largest absolute Gasteiger partial charge is 0.489 e. The topological polar surface area (TPSA) is 71.5 Å². The zero-order chi connectivity index (χ0) is 20.3. The summed E-state index contributed by atoms with van der Waals surface area (Å²) < 4.78 is 19.5. The first kappa shape index (κ1) is 22.9. The number of aliphatic carboxylic acids is 1. The van der Waals surface area contributed by atoms with E-state index in [2.05, 4.69) is 26.2 Å². The van der Waals surface area contributed by atoms with Gasteiger partial charge in [-0.3, -0.25) is 4.79 Å². The molecule has 0 fully saturated rings. The van der Waals surface area contributed by atoms with Gasteiger partial charge in [0.1, 0.15) is 5.82 Å². The lowest BCUT2D eigenvalue weighted by Gasteiger charge is -2.13. The summed E-state index contributed by atoms with van der Waals surface area (Å²) in [4.78, 5) is 14.2. The zero-order valence-electron chi connectivity index (χ0n) is 15.8. The van der Waals surface area contributed by atoms with E-state index in [0.29, 0.717) is 11.1 Å². The van der Waals surface area contributed by atoms with Crippen molar-refractivity contribution in [1.29, 1.82) is 0 Å². The number of aromatic nitrogens is 1. The van der Waals surface area contributed by atoms with Crippen molar-refractivity contribution in [3.05, 3.63) is 52.9 Å². The zero-order valence-corrected chi connectivity index (χ0v) is 17.4. The molecule has 0 bridgehead atoms. The Balaban J connectivity index is 0.000000387. The quantitative estimate of drug-likeness (QED) is 0.566. The molecule has 0 spiro atoms. The standard InChI is InChI=1S/C14H14BrFN2O.C6H12O2/c15-11-5-3-6-12(16)14(11)19-10-4-9-18-13-7-1-2-8-17-13;1-6(2,3)4-5(7)8/h1-3,5-8H,4,9-10H2,(H,17,18);4H2,1-3H3,(H,7,8). The first-order valence-corrected chi connectivity index (χ1v) is 9.42. The molecule has 0 aliphatic carbocycles. The van der Waals surface area contributed by atoms with Crippen molar-refractivity contribution in [1.82, 2.24) is 4.98 Å². The second-order valence-electron chi connectivity index (χ2n) is 7.03. The molecule has 0 aliphatic rings. The van der Waals surface area contributed by atoms with Crippen molar-refractivity contribution in [2.75, 3.05) is 18.5 Å². The van der Waals surface area contributed by atoms with Crippen LogP contribution < -0.4 is 10.1 Å². The molecule has 0 saturated heterocycles. The third-order valence-corrected chi connectivity index (χ3v) is 3.76. The Morgan fingerprint density at radius 1 is 1.26 bits per heavy atom. The van der Waals surface area contributed by atoms with Gasteiger partial charge in [0.25, 0.3) is 0 Å². The molecular formula is C20H26BrFN2O3. The molecule has 0 unspecified atom stereocenters. The Labute approximate surface area is 168 Å². The number of ether oxygens (including phenoxy) is 1. The number of benzene rings is 1. The van der Waals surface area contributed by atoms with E-state index in [1.54, 1.807) is 18.3 Å². The predicted molar refractivity (Wildman–Crippen MR) is 109 cm³/mol. The van der Waals surface area contributed by atoms with Gasteiger partial charge in [0, 0.05) is 12.7 Å². The second-order valence-corrected chi connectivity index (χ2v) is 7.88. The van der Waals surface area contributed by atoms with E-state index in [0.717, 1.165) is 18.8 Å². The highest BCUT2D eigenvalue weighted by Gasteiger charge is 2.13. The van der Waals surface area contributed by atoms with Gasteiger partial charge >= 0.3 is 5.97 Å². The van der Waals surface area contributed by atoms with Gasteiger partial charge in [-0.1, -0.05) is 32.9 Å². The fraction of sp³-hybridized carbons (Fsp3) is 0.400. The second kappa shape index (κ2) is 11.5. The molecule has 0 saturated carbocycles. The van der Waals surface area contributed by atoms with Gasteiger partial charge in [0.15, 0.2) is 11.6 Å². The normalized spacial score (nSPS) is 10.6. The number of halogens is 2. The maximum Gasteiger partial charge on any atom is 0.303 e. The summed E-state index contributed by atoms with van der Waals surface area (Å²) in [5.41, 5.74) is -0.0775. The molecule has 0 aliphatic heterocycles. The molecule has 148 valence electrons. The fourth-order valence-electron chi connectivity index (χ4n) is 2.00. The third-order valence-electron chi connectivity index (χ3n) is 3.14. The average molecular weight is 441 g/mol. The predicted octanol–water partition coefficient (Wildman–Crippen LogP) is 5.37. The van der Waals surface area contributed by atoms with Gasteiger partial charge in [-0.05, 0) is 52.0 Å². The van der Waals surface area contributed by atoms with Crippen molar-refractivity contribution in [2.24, 2.45) is 5.41 Å². The molecule has 0 atom stereocenters. The highest BCUT2D eigenvalue weighted by atomic mass is 79.9. The van der Waals surface area contributed by atoms with E-state index >= 15 is 0 Å². The maximum atomic E-state index is 13.4. The molecule has 2 aromatic rings. The minimum Gasteiger partial charge on any atom is -0.489 e. The third kappa shape index (κ3) is 10.6. The Morgan fingerprint density at radius 2 is 2.00 bits per heavy atom. The lowest BCUT2D eigenvalue weighted by molar-refractivity contribution is -0.139. The molecule has 7 heteroatoms.